The zero-order valence-electron chi connectivity index (χ0n) is 10.3. The van der Waals surface area contributed by atoms with Gasteiger partial charge in [0, 0.05) is 5.56 Å². The van der Waals surface area contributed by atoms with Crippen LogP contribution in [0.1, 0.15) is 34.8 Å². The van der Waals surface area contributed by atoms with Crippen LogP contribution in [0.25, 0.3) is 0 Å². The Kier molecular flexibility index (Phi) is 4.52. The minimum Gasteiger partial charge on any atom is -0.370 e. The molecular weight excluding hydrogens is 259 g/mol. The van der Waals surface area contributed by atoms with Gasteiger partial charge in [0.25, 0.3) is 5.91 Å². The Morgan fingerprint density at radius 2 is 1.95 bits per heavy atom. The van der Waals surface area contributed by atoms with Crippen molar-refractivity contribution in [1.82, 2.24) is 0 Å². The van der Waals surface area contributed by atoms with Crippen LogP contribution in [-0.2, 0) is 12.6 Å². The molecule has 4 N–H and O–H groups in total. The van der Waals surface area contributed by atoms with E-state index in [1.165, 1.54) is 6.07 Å². The van der Waals surface area contributed by atoms with E-state index in [0.29, 0.717) is 18.4 Å². The Morgan fingerprint density at radius 1 is 1.32 bits per heavy atom. The maximum atomic E-state index is 12.6. The SMILES string of the molecule is CCCc1ccc(C(F)(F)F)cc1C(=O)N=C(N)N. The summed E-state index contributed by atoms with van der Waals surface area (Å²) in [6.07, 6.45) is -3.36. The standard InChI is InChI=1S/C12H14F3N3O/c1-2-3-7-4-5-8(12(13,14)15)6-9(7)10(19)18-11(16)17/h4-6H,2-3H2,1H3,(H4,16,17,18,19). The van der Waals surface area contributed by atoms with E-state index in [0.717, 1.165) is 12.1 Å². The second-order valence-electron chi connectivity index (χ2n) is 3.96. The van der Waals surface area contributed by atoms with Gasteiger partial charge >= 0.3 is 6.18 Å². The normalized spacial score (nSPS) is 11.2. The van der Waals surface area contributed by atoms with Gasteiger partial charge in [0.05, 0.1) is 5.56 Å². The first-order valence-electron chi connectivity index (χ1n) is 5.59. The maximum Gasteiger partial charge on any atom is 0.416 e. The molecule has 7 heteroatoms. The van der Waals surface area contributed by atoms with Crippen molar-refractivity contribution in [1.29, 1.82) is 0 Å². The summed E-state index contributed by atoms with van der Waals surface area (Å²) < 4.78 is 37.8. The number of hydrogen-bond acceptors (Lipinski definition) is 1. The first-order chi connectivity index (χ1) is 8.75. The molecule has 104 valence electrons. The van der Waals surface area contributed by atoms with Gasteiger partial charge in [-0.2, -0.15) is 18.2 Å². The third-order valence-electron chi connectivity index (χ3n) is 2.42. The molecule has 1 amide bonds. The predicted molar refractivity (Wildman–Crippen MR) is 65.6 cm³/mol. The molecule has 0 aliphatic carbocycles. The molecule has 1 aromatic carbocycles. The molecule has 0 saturated carbocycles. The zero-order chi connectivity index (χ0) is 14.6. The van der Waals surface area contributed by atoms with Crippen molar-refractivity contribution in [2.45, 2.75) is 25.9 Å². The highest BCUT2D eigenvalue weighted by Crippen LogP contribution is 2.31. The molecule has 1 aromatic rings. The summed E-state index contributed by atoms with van der Waals surface area (Å²) in [5.41, 5.74) is 9.60. The Bertz CT molecular complexity index is 505. The highest BCUT2D eigenvalue weighted by molar-refractivity contribution is 6.03. The van der Waals surface area contributed by atoms with E-state index in [2.05, 4.69) is 4.99 Å². The van der Waals surface area contributed by atoms with Gasteiger partial charge in [-0.3, -0.25) is 4.79 Å². The van der Waals surface area contributed by atoms with Crippen LogP contribution in [-0.4, -0.2) is 11.9 Å². The number of aliphatic imine (C=N–C) groups is 1. The van der Waals surface area contributed by atoms with E-state index in [1.54, 1.807) is 0 Å². The molecule has 0 atom stereocenters. The molecule has 0 fully saturated rings. The van der Waals surface area contributed by atoms with Gasteiger partial charge in [-0.15, -0.1) is 0 Å². The number of aryl methyl sites for hydroxylation is 1. The minimum atomic E-state index is -4.52. The molecular formula is C12H14F3N3O. The van der Waals surface area contributed by atoms with Gasteiger partial charge in [0.15, 0.2) is 5.96 Å². The van der Waals surface area contributed by atoms with Crippen LogP contribution in [0.3, 0.4) is 0 Å². The van der Waals surface area contributed by atoms with Crippen molar-refractivity contribution in [2.75, 3.05) is 0 Å². The zero-order valence-corrected chi connectivity index (χ0v) is 10.3. The van der Waals surface area contributed by atoms with E-state index in [-0.39, 0.29) is 5.56 Å². The average molecular weight is 273 g/mol. The van der Waals surface area contributed by atoms with Crippen molar-refractivity contribution >= 4 is 11.9 Å². The third kappa shape index (κ3) is 3.97. The molecule has 0 aliphatic rings. The highest BCUT2D eigenvalue weighted by Gasteiger charge is 2.31. The van der Waals surface area contributed by atoms with E-state index in [1.807, 2.05) is 6.92 Å². The summed E-state index contributed by atoms with van der Waals surface area (Å²) >= 11 is 0. The molecule has 1 rings (SSSR count). The smallest absolute Gasteiger partial charge is 0.370 e. The molecule has 19 heavy (non-hydrogen) atoms. The molecule has 0 heterocycles. The molecule has 4 nitrogen and oxygen atoms in total. The Balaban J connectivity index is 3.31. The first kappa shape index (κ1) is 15.0. The largest absolute Gasteiger partial charge is 0.416 e. The molecule has 0 unspecified atom stereocenters. The fraction of sp³-hybridized carbons (Fsp3) is 0.333. The Hall–Kier alpha value is -2.05. The number of alkyl halides is 3. The minimum absolute atomic E-state index is 0.120. The van der Waals surface area contributed by atoms with Crippen LogP contribution < -0.4 is 11.5 Å². The van der Waals surface area contributed by atoms with Crippen LogP contribution >= 0.6 is 0 Å². The summed E-state index contributed by atoms with van der Waals surface area (Å²) in [5.74, 6) is -1.35. The lowest BCUT2D eigenvalue weighted by Gasteiger charge is -2.11. The number of carbonyl (C=O) groups is 1. The number of rotatable bonds is 3. The molecule has 0 radical (unpaired) electrons. The van der Waals surface area contributed by atoms with Crippen molar-refractivity contribution in [3.8, 4) is 0 Å². The molecule has 0 aliphatic heterocycles. The van der Waals surface area contributed by atoms with Gasteiger partial charge in [-0.1, -0.05) is 19.4 Å². The van der Waals surface area contributed by atoms with Gasteiger partial charge < -0.3 is 11.5 Å². The summed E-state index contributed by atoms with van der Waals surface area (Å²) in [6, 6.07) is 3.00. The summed E-state index contributed by atoms with van der Waals surface area (Å²) in [5, 5.41) is 0. The van der Waals surface area contributed by atoms with Gasteiger partial charge in [0.2, 0.25) is 0 Å². The number of guanidine groups is 1. The second-order valence-corrected chi connectivity index (χ2v) is 3.96. The first-order valence-corrected chi connectivity index (χ1v) is 5.59. The van der Waals surface area contributed by atoms with Crippen molar-refractivity contribution < 1.29 is 18.0 Å². The van der Waals surface area contributed by atoms with Crippen LogP contribution in [0.4, 0.5) is 13.2 Å². The molecule has 0 saturated heterocycles. The van der Waals surface area contributed by atoms with Gasteiger partial charge in [-0.25, -0.2) is 0 Å². The lowest BCUT2D eigenvalue weighted by molar-refractivity contribution is -0.137. The number of benzene rings is 1. The second kappa shape index (κ2) is 5.73. The van der Waals surface area contributed by atoms with Crippen molar-refractivity contribution in [3.63, 3.8) is 0 Å². The molecule has 0 bridgehead atoms. The lowest BCUT2D eigenvalue weighted by Crippen LogP contribution is -2.24. The monoisotopic (exact) mass is 273 g/mol. The van der Waals surface area contributed by atoms with Gasteiger partial charge in [-0.05, 0) is 24.1 Å². The number of amides is 1. The number of halogens is 3. The average Bonchev–Trinajstić information content (AvgIpc) is 2.27. The Labute approximate surface area is 108 Å². The van der Waals surface area contributed by atoms with E-state index in [9.17, 15) is 18.0 Å². The third-order valence-corrected chi connectivity index (χ3v) is 2.42. The predicted octanol–water partition coefficient (Wildman–Crippen LogP) is 2.07. The number of hydrogen-bond donors (Lipinski definition) is 2. The van der Waals surface area contributed by atoms with E-state index < -0.39 is 23.6 Å². The maximum absolute atomic E-state index is 12.6. The summed E-state index contributed by atoms with van der Waals surface area (Å²) in [7, 11) is 0. The van der Waals surface area contributed by atoms with Crippen LogP contribution in [0.15, 0.2) is 23.2 Å². The van der Waals surface area contributed by atoms with Crippen LogP contribution in [0.5, 0.6) is 0 Å². The number of nitrogens with two attached hydrogens (primary N) is 2. The summed E-state index contributed by atoms with van der Waals surface area (Å²) in [4.78, 5) is 15.0. The fourth-order valence-electron chi connectivity index (χ4n) is 1.62. The fourth-order valence-corrected chi connectivity index (χ4v) is 1.62. The Morgan fingerprint density at radius 3 is 2.42 bits per heavy atom. The van der Waals surface area contributed by atoms with E-state index in [4.69, 9.17) is 11.5 Å². The van der Waals surface area contributed by atoms with E-state index >= 15 is 0 Å². The topological polar surface area (TPSA) is 81.5 Å². The molecule has 0 aromatic heterocycles. The quantitative estimate of drug-likeness (QED) is 0.653. The van der Waals surface area contributed by atoms with Crippen molar-refractivity contribution in [2.24, 2.45) is 16.5 Å². The number of nitrogens with zero attached hydrogens (tertiary/aromatic N) is 1. The van der Waals surface area contributed by atoms with Crippen molar-refractivity contribution in [3.05, 3.63) is 34.9 Å². The lowest BCUT2D eigenvalue weighted by atomic mass is 9.99. The summed E-state index contributed by atoms with van der Waals surface area (Å²) in [6.45, 7) is 1.85. The van der Waals surface area contributed by atoms with Crippen LogP contribution in [0, 0.1) is 0 Å². The van der Waals surface area contributed by atoms with Crippen LogP contribution in [0.2, 0.25) is 0 Å². The molecule has 0 spiro atoms. The van der Waals surface area contributed by atoms with Gasteiger partial charge in [0.1, 0.15) is 0 Å². The number of carbonyl (C=O) groups excluding carboxylic acids is 1. The highest BCUT2D eigenvalue weighted by atomic mass is 19.4.